The molecular formula is C59H93N11O20. The van der Waals surface area contributed by atoms with Gasteiger partial charge in [0.15, 0.2) is 0 Å². The van der Waals surface area contributed by atoms with Gasteiger partial charge in [-0.2, -0.15) is 0 Å². The van der Waals surface area contributed by atoms with Crippen molar-refractivity contribution in [3.05, 3.63) is 48.3 Å². The van der Waals surface area contributed by atoms with E-state index in [-0.39, 0.29) is 69.0 Å². The van der Waals surface area contributed by atoms with Crippen molar-refractivity contribution in [2.45, 2.75) is 38.5 Å². The second kappa shape index (κ2) is 50.5. The summed E-state index contributed by atoms with van der Waals surface area (Å²) in [6, 6.07) is 8.91. The first-order chi connectivity index (χ1) is 43.9. The fourth-order valence-electron chi connectivity index (χ4n) is 8.49. The van der Waals surface area contributed by atoms with Gasteiger partial charge in [0, 0.05) is 104 Å². The Morgan fingerprint density at radius 2 is 0.733 bits per heavy atom. The molecule has 0 unspecified atom stereocenters. The van der Waals surface area contributed by atoms with Crippen molar-refractivity contribution in [1.29, 1.82) is 0 Å². The van der Waals surface area contributed by atoms with Gasteiger partial charge in [-0.3, -0.25) is 58.3 Å². The maximum Gasteiger partial charge on any atom is 0.317 e. The number of hydrogen-bond donors (Lipinski definition) is 4. The number of carbonyl (C=O) groups excluding carboxylic acids is 3. The predicted octanol–water partition coefficient (Wildman–Crippen LogP) is -0.204. The van der Waals surface area contributed by atoms with Gasteiger partial charge in [0.1, 0.15) is 23.0 Å². The second-order valence-corrected chi connectivity index (χ2v) is 20.4. The molecule has 504 valence electrons. The van der Waals surface area contributed by atoms with Crippen LogP contribution in [0.5, 0.6) is 0 Å². The molecule has 0 radical (unpaired) electrons. The molecule has 0 aromatic carbocycles. The summed E-state index contributed by atoms with van der Waals surface area (Å²) in [5.74, 6) is -2.59. The van der Waals surface area contributed by atoms with E-state index in [1.807, 2.05) is 11.0 Å². The number of nitrogens with zero attached hydrogens (tertiary/aromatic N) is 10. The molecule has 3 aromatic heterocycles. The maximum absolute atomic E-state index is 12.8. The minimum atomic E-state index is -1.03. The Morgan fingerprint density at radius 3 is 1.09 bits per heavy atom. The lowest BCUT2D eigenvalue weighted by Gasteiger charge is -2.32. The first-order valence-corrected chi connectivity index (χ1v) is 30.6. The number of ketones is 2. The van der Waals surface area contributed by atoms with Crippen LogP contribution in [0.1, 0.15) is 37.7 Å². The summed E-state index contributed by atoms with van der Waals surface area (Å²) in [5.41, 5.74) is 1.82. The molecule has 3 aromatic rings. The Hall–Kier alpha value is -6.14. The average Bonchev–Trinajstić information content (AvgIpc) is 3.73. The molecule has 4 N–H and O–H groups in total. The number of Topliss-reactive ketones (excluding diaryl/α,β-unsaturated/α-hetero) is 2. The molecule has 0 aliphatic carbocycles. The van der Waals surface area contributed by atoms with Crippen LogP contribution < -0.4 is 5.32 Å². The van der Waals surface area contributed by atoms with Gasteiger partial charge in [-0.25, -0.2) is 0 Å². The van der Waals surface area contributed by atoms with Crippen LogP contribution in [0.3, 0.4) is 0 Å². The van der Waals surface area contributed by atoms with Gasteiger partial charge in [-0.1, -0.05) is 12.1 Å². The number of pyridine rings is 2. The molecular weight excluding hydrogens is 1180 g/mol. The molecule has 90 heavy (non-hydrogen) atoms. The Morgan fingerprint density at radius 1 is 0.389 bits per heavy atom. The fourth-order valence-corrected chi connectivity index (χ4v) is 8.49. The van der Waals surface area contributed by atoms with Crippen molar-refractivity contribution >= 4 is 35.4 Å². The van der Waals surface area contributed by atoms with Crippen molar-refractivity contribution in [1.82, 2.24) is 55.3 Å². The van der Waals surface area contributed by atoms with E-state index in [2.05, 4.69) is 35.7 Å². The van der Waals surface area contributed by atoms with Crippen molar-refractivity contribution in [3.8, 4) is 23.0 Å². The third-order valence-electron chi connectivity index (χ3n) is 13.1. The summed E-state index contributed by atoms with van der Waals surface area (Å²) in [5, 5.41) is 47.4. The number of amides is 1. The Kier molecular flexibility index (Phi) is 42.8. The Labute approximate surface area is 525 Å². The van der Waals surface area contributed by atoms with Crippen molar-refractivity contribution in [2.75, 3.05) is 230 Å². The number of ether oxygens (including phenoxy) is 11. The van der Waals surface area contributed by atoms with Crippen LogP contribution in [0.25, 0.3) is 23.0 Å². The molecule has 1 fully saturated rings. The third kappa shape index (κ3) is 39.9. The zero-order valence-corrected chi connectivity index (χ0v) is 51.8. The zero-order valence-electron chi connectivity index (χ0n) is 51.8. The smallest absolute Gasteiger partial charge is 0.317 e. The molecule has 1 aliphatic heterocycles. The first kappa shape index (κ1) is 76.3. The van der Waals surface area contributed by atoms with Crippen LogP contribution in [-0.2, 0) is 87.3 Å². The van der Waals surface area contributed by atoms with E-state index in [9.17, 15) is 44.1 Å². The normalized spacial score (nSPS) is 14.0. The molecule has 1 saturated heterocycles. The molecule has 31 nitrogen and oxygen atoms in total. The van der Waals surface area contributed by atoms with Gasteiger partial charge in [-0.05, 0) is 36.6 Å². The summed E-state index contributed by atoms with van der Waals surface area (Å²) in [4.78, 5) is 87.6. The van der Waals surface area contributed by atoms with Crippen molar-refractivity contribution < 1.29 is 96.2 Å². The largest absolute Gasteiger partial charge is 0.480 e. The van der Waals surface area contributed by atoms with E-state index in [4.69, 9.17) is 52.1 Å². The average molecular weight is 1280 g/mol. The molecule has 0 atom stereocenters. The molecule has 0 spiro atoms. The third-order valence-corrected chi connectivity index (χ3v) is 13.1. The molecule has 0 bridgehead atoms. The minimum absolute atomic E-state index is 0.0229. The van der Waals surface area contributed by atoms with Crippen LogP contribution in [0.15, 0.2) is 42.7 Å². The number of rotatable bonds is 53. The number of carbonyl (C=O) groups is 6. The highest BCUT2D eigenvalue weighted by atomic mass is 16.6. The van der Waals surface area contributed by atoms with Gasteiger partial charge in [0.2, 0.25) is 17.6 Å². The summed E-state index contributed by atoms with van der Waals surface area (Å²) in [7, 11) is 0. The van der Waals surface area contributed by atoms with Crippen molar-refractivity contribution in [2.24, 2.45) is 0 Å². The number of carboxylic acid groups (broad SMARTS) is 3. The lowest BCUT2D eigenvalue weighted by atomic mass is 10.0. The number of carboxylic acids is 3. The number of hydrogen-bond acceptors (Lipinski definition) is 27. The van der Waals surface area contributed by atoms with Gasteiger partial charge in [0.05, 0.1) is 165 Å². The van der Waals surface area contributed by atoms with E-state index < -0.39 is 17.9 Å². The van der Waals surface area contributed by atoms with Crippen LogP contribution in [0.2, 0.25) is 0 Å². The second-order valence-electron chi connectivity index (χ2n) is 20.4. The molecule has 1 aliphatic rings. The number of nitrogens with one attached hydrogen (secondary N) is 1. The standard InChI is InChI=1S/C59H93N11O20/c71-50(5-3-6-51(72)43-49-9-10-53(62-44-49)59-65-63-58(64-66-59)52-8-1-2-11-60-52)7-4-21-80-23-25-82-27-29-84-31-33-86-35-37-88-39-41-90-42-40-89-38-36-87-34-32-85-30-28-83-26-24-81-22-12-61-54(73)45-67-13-15-68(46-55(74)75)17-19-70(48-57(78)79)20-18-69(16-14-67)47-56(76)77/h1-2,8-11,44H,3-7,12-43,45-48H2,(H,61,73)(H,74,75)(H,76,77)(H,78,79). The predicted molar refractivity (Wildman–Crippen MR) is 322 cm³/mol. The molecule has 31 heteroatoms. The first-order valence-electron chi connectivity index (χ1n) is 30.6. The van der Waals surface area contributed by atoms with Gasteiger partial charge >= 0.3 is 17.9 Å². The van der Waals surface area contributed by atoms with Gasteiger partial charge in [-0.15, -0.1) is 20.4 Å². The molecule has 4 heterocycles. The van der Waals surface area contributed by atoms with Crippen LogP contribution in [0, 0.1) is 0 Å². The highest BCUT2D eigenvalue weighted by Gasteiger charge is 2.22. The quantitative estimate of drug-likeness (QED) is 0.0532. The number of aliphatic carboxylic acids is 3. The van der Waals surface area contributed by atoms with Gasteiger partial charge in [0.25, 0.3) is 0 Å². The SMILES string of the molecule is O=C(O)CN1CCN(CC(=O)O)CCN(CC(=O)NCCOCCOCCOCCOCCOCCOCCOCCOCCOCCOCCOCCCC(=O)CCCC(=O)Cc2ccc(-c3nnc(-c4ccccn4)nn3)nc2)CCN(CC(=O)O)CC1. The Bertz CT molecular complexity index is 2360. The summed E-state index contributed by atoms with van der Waals surface area (Å²) >= 11 is 0. The highest BCUT2D eigenvalue weighted by Crippen LogP contribution is 2.15. The fraction of sp³-hybridized carbons (Fsp3) is 0.695. The van der Waals surface area contributed by atoms with E-state index in [1.54, 1.807) is 51.4 Å². The maximum atomic E-state index is 12.8. The van der Waals surface area contributed by atoms with Crippen LogP contribution >= 0.6 is 0 Å². The molecule has 0 saturated carbocycles. The van der Waals surface area contributed by atoms with Gasteiger partial charge < -0.3 is 72.7 Å². The topological polar surface area (TPSA) is 367 Å². The molecule has 1 amide bonds. The summed E-state index contributed by atoms with van der Waals surface area (Å²) < 4.78 is 60.9. The Balaban J connectivity index is 0.808. The monoisotopic (exact) mass is 1280 g/mol. The van der Waals surface area contributed by atoms with E-state index in [0.717, 1.165) is 5.56 Å². The van der Waals surface area contributed by atoms with E-state index in [0.29, 0.717) is 240 Å². The van der Waals surface area contributed by atoms with E-state index in [1.165, 1.54) is 0 Å². The van der Waals surface area contributed by atoms with Crippen LogP contribution in [0.4, 0.5) is 0 Å². The lowest BCUT2D eigenvalue weighted by molar-refractivity contribution is -0.140. The zero-order chi connectivity index (χ0) is 64.3. The lowest BCUT2D eigenvalue weighted by Crippen LogP contribution is -2.50. The van der Waals surface area contributed by atoms with E-state index >= 15 is 0 Å². The van der Waals surface area contributed by atoms with Crippen molar-refractivity contribution in [3.63, 3.8) is 0 Å². The summed E-state index contributed by atoms with van der Waals surface area (Å²) in [6.45, 7) is 11.2. The molecule has 4 rings (SSSR count). The summed E-state index contributed by atoms with van der Waals surface area (Å²) in [6.07, 6.45) is 5.66. The van der Waals surface area contributed by atoms with Crippen LogP contribution in [-0.4, -0.2) is 331 Å². The minimum Gasteiger partial charge on any atom is -0.480 e. The highest BCUT2D eigenvalue weighted by molar-refractivity contribution is 5.82. The number of aromatic nitrogens is 6.